The Labute approximate surface area is 193 Å². The topological polar surface area (TPSA) is 57.7 Å². The van der Waals surface area contributed by atoms with E-state index in [4.69, 9.17) is 4.74 Å². The molecule has 2 heterocycles. The summed E-state index contributed by atoms with van der Waals surface area (Å²) in [5.74, 6) is 0.933. The molecular weight excluding hydrogens is 420 g/mol. The lowest BCUT2D eigenvalue weighted by molar-refractivity contribution is -0.121. The molecule has 0 aliphatic carbocycles. The maximum atomic E-state index is 12.9. The Morgan fingerprint density at radius 1 is 1.22 bits per heavy atom. The Morgan fingerprint density at radius 2 is 2.03 bits per heavy atom. The Bertz CT molecular complexity index is 1050. The zero-order valence-electron chi connectivity index (χ0n) is 18.9. The first-order valence-corrected chi connectivity index (χ1v) is 11.7. The van der Waals surface area contributed by atoms with Gasteiger partial charge < -0.3 is 15.0 Å². The fraction of sp³-hybridized carbons (Fsp3) is 0.360. The number of rotatable bonds is 7. The first-order valence-electron chi connectivity index (χ1n) is 10.9. The summed E-state index contributed by atoms with van der Waals surface area (Å²) in [6.45, 7) is 2.65. The molecule has 168 valence electrons. The van der Waals surface area contributed by atoms with E-state index in [1.807, 2.05) is 67.7 Å². The number of thiazole rings is 1. The highest BCUT2D eigenvalue weighted by Gasteiger charge is 2.26. The minimum atomic E-state index is 0.00283. The van der Waals surface area contributed by atoms with Crippen molar-refractivity contribution in [1.82, 2.24) is 9.88 Å². The van der Waals surface area contributed by atoms with Gasteiger partial charge in [0.2, 0.25) is 5.91 Å². The molecule has 32 heavy (non-hydrogen) atoms. The van der Waals surface area contributed by atoms with Gasteiger partial charge in [0.15, 0.2) is 5.13 Å². The molecule has 1 fully saturated rings. The molecule has 4 rings (SSSR count). The molecule has 2 aromatic carbocycles. The van der Waals surface area contributed by atoms with Gasteiger partial charge in [-0.25, -0.2) is 4.98 Å². The van der Waals surface area contributed by atoms with Crippen LogP contribution in [0.5, 0.6) is 5.75 Å². The number of anilines is 2. The number of aromatic nitrogens is 1. The number of nitrogens with one attached hydrogen (secondary N) is 1. The molecule has 0 spiro atoms. The predicted octanol–water partition coefficient (Wildman–Crippen LogP) is 4.74. The summed E-state index contributed by atoms with van der Waals surface area (Å²) in [6, 6.07) is 16.0. The minimum absolute atomic E-state index is 0.00283. The fourth-order valence-corrected chi connectivity index (χ4v) is 4.88. The van der Waals surface area contributed by atoms with Crippen molar-refractivity contribution < 1.29 is 9.53 Å². The number of nitrogens with zero attached hydrogens (tertiary/aromatic N) is 3. The van der Waals surface area contributed by atoms with E-state index < -0.39 is 0 Å². The number of piperidine rings is 1. The van der Waals surface area contributed by atoms with Gasteiger partial charge >= 0.3 is 0 Å². The zero-order valence-corrected chi connectivity index (χ0v) is 19.7. The molecule has 0 radical (unpaired) electrons. The van der Waals surface area contributed by atoms with Crippen LogP contribution in [0.25, 0.3) is 11.1 Å². The highest BCUT2D eigenvalue weighted by molar-refractivity contribution is 7.15. The number of amides is 1. The lowest BCUT2D eigenvalue weighted by Crippen LogP contribution is -2.40. The number of benzene rings is 2. The molecule has 1 saturated heterocycles. The van der Waals surface area contributed by atoms with Crippen LogP contribution in [0.3, 0.4) is 0 Å². The van der Waals surface area contributed by atoms with Gasteiger partial charge in [0.1, 0.15) is 5.75 Å². The number of ether oxygens (including phenoxy) is 1. The molecule has 0 saturated carbocycles. The van der Waals surface area contributed by atoms with Crippen molar-refractivity contribution in [3.05, 3.63) is 59.6 Å². The number of hydrogen-bond donors (Lipinski definition) is 1. The van der Waals surface area contributed by atoms with Crippen molar-refractivity contribution >= 4 is 28.1 Å². The molecule has 3 aromatic rings. The Balaban J connectivity index is 1.34. The van der Waals surface area contributed by atoms with Gasteiger partial charge in [-0.15, -0.1) is 11.3 Å². The summed E-state index contributed by atoms with van der Waals surface area (Å²) in [6.07, 6.45) is 3.91. The predicted molar refractivity (Wildman–Crippen MR) is 132 cm³/mol. The summed E-state index contributed by atoms with van der Waals surface area (Å²) < 4.78 is 5.31. The first-order chi connectivity index (χ1) is 15.5. The SMILES string of the molecule is COc1cccc(-c2ccc(NC(=O)[C@H]3CCCN(Cc4cnc(N(C)C)s4)C3)cc2)c1. The highest BCUT2D eigenvalue weighted by Crippen LogP contribution is 2.27. The molecule has 1 atom stereocenters. The van der Waals surface area contributed by atoms with E-state index in [0.29, 0.717) is 0 Å². The second kappa shape index (κ2) is 10.1. The molecule has 7 heteroatoms. The molecule has 1 aliphatic rings. The van der Waals surface area contributed by atoms with E-state index >= 15 is 0 Å². The van der Waals surface area contributed by atoms with Gasteiger partial charge in [0.25, 0.3) is 0 Å². The van der Waals surface area contributed by atoms with Crippen LogP contribution >= 0.6 is 11.3 Å². The molecule has 0 unspecified atom stereocenters. The van der Waals surface area contributed by atoms with Crippen molar-refractivity contribution in [1.29, 1.82) is 0 Å². The van der Waals surface area contributed by atoms with Crippen LogP contribution in [0.2, 0.25) is 0 Å². The lowest BCUT2D eigenvalue weighted by atomic mass is 9.97. The van der Waals surface area contributed by atoms with Crippen LogP contribution in [-0.2, 0) is 11.3 Å². The molecule has 6 nitrogen and oxygen atoms in total. The van der Waals surface area contributed by atoms with Crippen molar-refractivity contribution in [2.24, 2.45) is 5.92 Å². The van der Waals surface area contributed by atoms with Gasteiger partial charge in [-0.1, -0.05) is 24.3 Å². The van der Waals surface area contributed by atoms with E-state index in [1.54, 1.807) is 18.4 Å². The van der Waals surface area contributed by atoms with E-state index in [9.17, 15) is 4.79 Å². The van der Waals surface area contributed by atoms with Gasteiger partial charge in [-0.2, -0.15) is 0 Å². The summed E-state index contributed by atoms with van der Waals surface area (Å²) in [5, 5.41) is 4.13. The maximum absolute atomic E-state index is 12.9. The molecule has 1 amide bonds. The third-order valence-corrected chi connectivity index (χ3v) is 6.89. The van der Waals surface area contributed by atoms with Gasteiger partial charge in [0, 0.05) is 43.9 Å². The Morgan fingerprint density at radius 3 is 2.75 bits per heavy atom. The average Bonchev–Trinajstić information content (AvgIpc) is 3.28. The van der Waals surface area contributed by atoms with Crippen LogP contribution in [0.1, 0.15) is 17.7 Å². The van der Waals surface area contributed by atoms with Crippen LogP contribution in [0.15, 0.2) is 54.7 Å². The second-order valence-corrected chi connectivity index (χ2v) is 9.47. The van der Waals surface area contributed by atoms with E-state index in [-0.39, 0.29) is 11.8 Å². The minimum Gasteiger partial charge on any atom is -0.497 e. The lowest BCUT2D eigenvalue weighted by Gasteiger charge is -2.31. The maximum Gasteiger partial charge on any atom is 0.228 e. The van der Waals surface area contributed by atoms with Crippen molar-refractivity contribution in [2.75, 3.05) is 44.5 Å². The van der Waals surface area contributed by atoms with Gasteiger partial charge in [0.05, 0.1) is 13.0 Å². The Hall–Kier alpha value is -2.90. The van der Waals surface area contributed by atoms with E-state index in [0.717, 1.165) is 60.2 Å². The number of methoxy groups -OCH3 is 1. The van der Waals surface area contributed by atoms with Gasteiger partial charge in [-0.05, 0) is 54.8 Å². The van der Waals surface area contributed by atoms with Crippen LogP contribution in [0.4, 0.5) is 10.8 Å². The third-order valence-electron chi connectivity index (χ3n) is 5.74. The monoisotopic (exact) mass is 450 g/mol. The summed E-state index contributed by atoms with van der Waals surface area (Å²) in [4.78, 5) is 23.0. The summed E-state index contributed by atoms with van der Waals surface area (Å²) in [7, 11) is 5.68. The smallest absolute Gasteiger partial charge is 0.228 e. The average molecular weight is 451 g/mol. The quantitative estimate of drug-likeness (QED) is 0.564. The van der Waals surface area contributed by atoms with Crippen molar-refractivity contribution in [3.63, 3.8) is 0 Å². The fourth-order valence-electron chi connectivity index (χ4n) is 4.00. The molecular formula is C25H30N4O2S. The van der Waals surface area contributed by atoms with Crippen LogP contribution in [0, 0.1) is 5.92 Å². The number of likely N-dealkylation sites (tertiary alicyclic amines) is 1. The second-order valence-electron chi connectivity index (χ2n) is 8.38. The van der Waals surface area contributed by atoms with Crippen molar-refractivity contribution in [2.45, 2.75) is 19.4 Å². The zero-order chi connectivity index (χ0) is 22.5. The number of hydrogen-bond acceptors (Lipinski definition) is 6. The summed E-state index contributed by atoms with van der Waals surface area (Å²) in [5.41, 5.74) is 3.01. The standard InChI is InChI=1S/C25H30N4O2S/c1-28(2)25-26-15-23(32-25)17-29-13-5-7-20(16-29)24(30)27-21-11-9-18(10-12-21)19-6-4-8-22(14-19)31-3/h4,6,8-12,14-15,20H,5,7,13,16-17H2,1-3H3,(H,27,30)/t20-/m0/s1. The normalized spacial score (nSPS) is 16.5. The molecule has 1 N–H and O–H groups in total. The molecule has 1 aromatic heterocycles. The van der Waals surface area contributed by atoms with Crippen molar-refractivity contribution in [3.8, 4) is 16.9 Å². The molecule has 1 aliphatic heterocycles. The van der Waals surface area contributed by atoms with Gasteiger partial charge in [-0.3, -0.25) is 9.69 Å². The molecule has 0 bridgehead atoms. The largest absolute Gasteiger partial charge is 0.497 e. The third kappa shape index (κ3) is 5.47. The summed E-state index contributed by atoms with van der Waals surface area (Å²) >= 11 is 1.71. The Kier molecular flexibility index (Phi) is 7.07. The van der Waals surface area contributed by atoms with Crippen LogP contribution < -0.4 is 15.0 Å². The number of carbonyl (C=O) groups is 1. The highest BCUT2D eigenvalue weighted by atomic mass is 32.1. The van der Waals surface area contributed by atoms with E-state index in [1.165, 1.54) is 4.88 Å². The van der Waals surface area contributed by atoms with Crippen LogP contribution in [-0.4, -0.2) is 50.1 Å². The van der Waals surface area contributed by atoms with E-state index in [2.05, 4.69) is 21.3 Å². The first kappa shape index (κ1) is 22.3. The number of carbonyl (C=O) groups excluding carboxylic acids is 1.